The molecule has 2 aromatic carbocycles. The first-order chi connectivity index (χ1) is 13.6. The summed E-state index contributed by atoms with van der Waals surface area (Å²) < 4.78 is 45.1. The average molecular weight is 424 g/mol. The van der Waals surface area contributed by atoms with Gasteiger partial charge in [-0.05, 0) is 25.1 Å². The van der Waals surface area contributed by atoms with Gasteiger partial charge in [0.1, 0.15) is 5.75 Å². The molecule has 0 radical (unpaired) electrons. The standard InChI is InChI=1S/C11H16N4O3.C7H8O3S/c1-16-8-5-10(18-3)9(17-2)4-7(8)6-14-15-11(12)13;1-6-2-4-7(5-3-6)11(8,9)10/h4-6H,1-3H3,(H4,12,13,15);2-5H,1H3,(H,8,9,10). The maximum atomic E-state index is 10.5. The van der Waals surface area contributed by atoms with Crippen LogP contribution in [0.15, 0.2) is 51.5 Å². The second-order valence-electron chi connectivity index (χ2n) is 5.51. The topological polar surface area (TPSA) is 159 Å². The highest BCUT2D eigenvalue weighted by Gasteiger charge is 2.10. The Morgan fingerprint density at radius 2 is 1.48 bits per heavy atom. The van der Waals surface area contributed by atoms with Crippen LogP contribution in [-0.4, -0.2) is 46.5 Å². The first kappa shape index (κ1) is 23.7. The molecular weight excluding hydrogens is 400 g/mol. The zero-order valence-corrected chi connectivity index (χ0v) is 17.3. The number of benzene rings is 2. The van der Waals surface area contributed by atoms with Crippen LogP contribution in [0.5, 0.6) is 17.2 Å². The molecule has 29 heavy (non-hydrogen) atoms. The first-order valence-corrected chi connectivity index (χ1v) is 9.52. The molecule has 0 saturated carbocycles. The van der Waals surface area contributed by atoms with Crippen molar-refractivity contribution in [3.63, 3.8) is 0 Å². The van der Waals surface area contributed by atoms with Crippen LogP contribution in [0.3, 0.4) is 0 Å². The van der Waals surface area contributed by atoms with Gasteiger partial charge in [0.25, 0.3) is 10.1 Å². The summed E-state index contributed by atoms with van der Waals surface area (Å²) in [6, 6.07) is 9.39. The van der Waals surface area contributed by atoms with Crippen molar-refractivity contribution in [2.24, 2.45) is 21.7 Å². The monoisotopic (exact) mass is 424 g/mol. The predicted molar refractivity (Wildman–Crippen MR) is 110 cm³/mol. The molecule has 0 aliphatic rings. The Bertz CT molecular complexity index is 969. The Labute approximate surface area is 169 Å². The number of hydrogen-bond donors (Lipinski definition) is 3. The minimum atomic E-state index is -4.02. The zero-order chi connectivity index (χ0) is 22.0. The van der Waals surface area contributed by atoms with Crippen LogP contribution in [0.1, 0.15) is 11.1 Å². The molecule has 0 saturated heterocycles. The highest BCUT2D eigenvalue weighted by atomic mass is 32.2. The van der Waals surface area contributed by atoms with E-state index in [-0.39, 0.29) is 10.9 Å². The molecule has 0 fully saturated rings. The van der Waals surface area contributed by atoms with Gasteiger partial charge in [-0.15, -0.1) is 5.10 Å². The summed E-state index contributed by atoms with van der Waals surface area (Å²) in [7, 11) is 0.610. The first-order valence-electron chi connectivity index (χ1n) is 8.08. The molecule has 158 valence electrons. The van der Waals surface area contributed by atoms with E-state index in [0.717, 1.165) is 5.56 Å². The van der Waals surface area contributed by atoms with Crippen molar-refractivity contribution in [3.05, 3.63) is 47.5 Å². The highest BCUT2D eigenvalue weighted by molar-refractivity contribution is 7.85. The molecule has 0 heterocycles. The van der Waals surface area contributed by atoms with E-state index in [4.69, 9.17) is 30.2 Å². The van der Waals surface area contributed by atoms with Crippen molar-refractivity contribution in [2.45, 2.75) is 11.8 Å². The molecule has 0 aromatic heterocycles. The van der Waals surface area contributed by atoms with Gasteiger partial charge in [0.2, 0.25) is 5.96 Å². The molecule has 0 aliphatic heterocycles. The Morgan fingerprint density at radius 3 is 1.93 bits per heavy atom. The van der Waals surface area contributed by atoms with Crippen molar-refractivity contribution in [1.82, 2.24) is 0 Å². The van der Waals surface area contributed by atoms with Gasteiger partial charge in [-0.2, -0.15) is 13.5 Å². The number of hydrogen-bond acceptors (Lipinski definition) is 7. The highest BCUT2D eigenvalue weighted by Crippen LogP contribution is 2.33. The summed E-state index contributed by atoms with van der Waals surface area (Å²) in [6.07, 6.45) is 1.46. The van der Waals surface area contributed by atoms with E-state index < -0.39 is 10.1 Å². The third-order valence-electron chi connectivity index (χ3n) is 3.42. The maximum absolute atomic E-state index is 10.5. The maximum Gasteiger partial charge on any atom is 0.294 e. The predicted octanol–water partition coefficient (Wildman–Crippen LogP) is 1.56. The van der Waals surface area contributed by atoms with Crippen LogP contribution in [0.4, 0.5) is 0 Å². The smallest absolute Gasteiger partial charge is 0.294 e. The molecular formula is C18H24N4O6S. The van der Waals surface area contributed by atoms with Gasteiger partial charge in [0.05, 0.1) is 32.4 Å². The molecule has 11 heteroatoms. The quantitative estimate of drug-likeness (QED) is 0.273. The van der Waals surface area contributed by atoms with E-state index in [2.05, 4.69) is 10.2 Å². The van der Waals surface area contributed by atoms with Crippen molar-refractivity contribution in [3.8, 4) is 17.2 Å². The van der Waals surface area contributed by atoms with Crippen molar-refractivity contribution in [1.29, 1.82) is 0 Å². The van der Waals surface area contributed by atoms with Crippen LogP contribution < -0.4 is 25.7 Å². The minimum absolute atomic E-state index is 0.0666. The lowest BCUT2D eigenvalue weighted by atomic mass is 10.2. The fraction of sp³-hybridized carbons (Fsp3) is 0.222. The molecule has 0 aliphatic carbocycles. The zero-order valence-electron chi connectivity index (χ0n) is 16.5. The van der Waals surface area contributed by atoms with Crippen molar-refractivity contribution >= 4 is 22.3 Å². The number of ether oxygens (including phenoxy) is 3. The number of rotatable bonds is 6. The third kappa shape index (κ3) is 7.68. The van der Waals surface area contributed by atoms with Crippen LogP contribution in [0, 0.1) is 6.92 Å². The summed E-state index contributed by atoms with van der Waals surface area (Å²) in [5, 5.41) is 7.22. The molecule has 2 rings (SSSR count). The second kappa shape index (κ2) is 10.9. The van der Waals surface area contributed by atoms with Gasteiger partial charge in [0, 0.05) is 11.6 Å². The minimum Gasteiger partial charge on any atom is -0.496 e. The molecule has 0 unspecified atom stereocenters. The summed E-state index contributed by atoms with van der Waals surface area (Å²) >= 11 is 0. The molecule has 10 nitrogen and oxygen atoms in total. The van der Waals surface area contributed by atoms with E-state index in [1.807, 2.05) is 6.92 Å². The van der Waals surface area contributed by atoms with E-state index in [0.29, 0.717) is 22.8 Å². The fourth-order valence-electron chi connectivity index (χ4n) is 2.02. The number of guanidine groups is 1. The SMILES string of the molecule is COc1cc(OC)c(OC)cc1C=NN=C(N)N.Cc1ccc(S(=O)(=O)O)cc1. The summed E-state index contributed by atoms with van der Waals surface area (Å²) in [5.41, 5.74) is 12.0. The summed E-state index contributed by atoms with van der Waals surface area (Å²) in [4.78, 5) is -0.0666. The van der Waals surface area contributed by atoms with Gasteiger partial charge in [-0.25, -0.2) is 0 Å². The van der Waals surface area contributed by atoms with Crippen LogP contribution in [0.2, 0.25) is 0 Å². The van der Waals surface area contributed by atoms with E-state index >= 15 is 0 Å². The molecule has 0 spiro atoms. The van der Waals surface area contributed by atoms with Gasteiger partial charge in [-0.1, -0.05) is 17.7 Å². The number of aryl methyl sites for hydroxylation is 1. The average Bonchev–Trinajstić information content (AvgIpc) is 2.67. The Balaban J connectivity index is 0.000000326. The Hall–Kier alpha value is -3.31. The normalized spacial score (nSPS) is 10.7. The molecule has 0 bridgehead atoms. The molecule has 0 amide bonds. The second-order valence-corrected chi connectivity index (χ2v) is 6.93. The molecule has 5 N–H and O–H groups in total. The van der Waals surface area contributed by atoms with Crippen molar-refractivity contribution in [2.75, 3.05) is 21.3 Å². The lowest BCUT2D eigenvalue weighted by Gasteiger charge is -2.11. The Kier molecular flexibility index (Phi) is 8.90. The van der Waals surface area contributed by atoms with E-state index in [9.17, 15) is 8.42 Å². The van der Waals surface area contributed by atoms with Gasteiger partial charge in [-0.3, -0.25) is 4.55 Å². The van der Waals surface area contributed by atoms with Gasteiger partial charge >= 0.3 is 0 Å². The van der Waals surface area contributed by atoms with Crippen LogP contribution in [0.25, 0.3) is 0 Å². The van der Waals surface area contributed by atoms with Gasteiger partial charge in [0.15, 0.2) is 11.5 Å². The van der Waals surface area contributed by atoms with E-state index in [1.165, 1.54) is 18.3 Å². The van der Waals surface area contributed by atoms with Crippen LogP contribution in [-0.2, 0) is 10.1 Å². The molecule has 0 atom stereocenters. The Morgan fingerprint density at radius 1 is 0.966 bits per heavy atom. The summed E-state index contributed by atoms with van der Waals surface area (Å²) in [5.74, 6) is 1.57. The van der Waals surface area contributed by atoms with Crippen molar-refractivity contribution < 1.29 is 27.2 Å². The number of nitrogens with two attached hydrogens (primary N) is 2. The number of nitrogens with zero attached hydrogens (tertiary/aromatic N) is 2. The van der Waals surface area contributed by atoms with Crippen LogP contribution >= 0.6 is 0 Å². The largest absolute Gasteiger partial charge is 0.496 e. The summed E-state index contributed by atoms with van der Waals surface area (Å²) in [6.45, 7) is 1.84. The third-order valence-corrected chi connectivity index (χ3v) is 4.29. The fourth-order valence-corrected chi connectivity index (χ4v) is 2.50. The lowest BCUT2D eigenvalue weighted by Crippen LogP contribution is -2.21. The molecule has 2 aromatic rings. The van der Waals surface area contributed by atoms with E-state index in [1.54, 1.807) is 45.6 Å². The van der Waals surface area contributed by atoms with Gasteiger partial charge < -0.3 is 25.7 Å². The number of methoxy groups -OCH3 is 3. The lowest BCUT2D eigenvalue weighted by molar-refractivity contribution is 0.349.